The monoisotopic (exact) mass is 698 g/mol. The highest BCUT2D eigenvalue weighted by atomic mass is 32.2. The van der Waals surface area contributed by atoms with E-state index >= 15 is 0 Å². The molecule has 0 N–H and O–H groups in total. The summed E-state index contributed by atoms with van der Waals surface area (Å²) >= 11 is 1.16. The molecule has 2 aromatic heterocycles. The van der Waals surface area contributed by atoms with Crippen molar-refractivity contribution in [3.8, 4) is 0 Å². The molecule has 252 valence electrons. The standard InChI is InChI=1S/C36H34N4O7S2/c1-5-10-29-32(35(42)47-6-2)33(24-17-15-23(16-18-24)22(3)4)39-34(41)31(48-36(39)37-29)19-25-21-38(30-14-8-7-13-28(25)30)49(45,46)27-12-9-11-26(20-27)40(43)44/h7-9,11-22,33H,5-6,10H2,1-4H3/b31-19-/t33-/m1/s1. The molecule has 1 aliphatic heterocycles. The van der Waals surface area contributed by atoms with Crippen LogP contribution in [0.3, 0.4) is 0 Å². The smallest absolute Gasteiger partial charge is 0.338 e. The molecule has 6 rings (SSSR count). The van der Waals surface area contributed by atoms with Gasteiger partial charge < -0.3 is 4.74 Å². The van der Waals surface area contributed by atoms with Crippen molar-refractivity contribution in [1.29, 1.82) is 0 Å². The summed E-state index contributed by atoms with van der Waals surface area (Å²) in [6.07, 6.45) is 4.25. The topological polar surface area (TPSA) is 143 Å². The van der Waals surface area contributed by atoms with Gasteiger partial charge in [0.05, 0.1) is 43.8 Å². The fourth-order valence-electron chi connectivity index (χ4n) is 6.00. The van der Waals surface area contributed by atoms with Crippen LogP contribution in [-0.2, 0) is 19.6 Å². The van der Waals surface area contributed by atoms with Gasteiger partial charge in [0.1, 0.15) is 0 Å². The Bertz CT molecular complexity index is 2440. The number of rotatable bonds is 10. The molecule has 0 radical (unpaired) electrons. The van der Waals surface area contributed by atoms with E-state index in [1.807, 2.05) is 31.2 Å². The van der Waals surface area contributed by atoms with E-state index in [-0.39, 0.29) is 23.1 Å². The molecule has 5 aromatic rings. The maximum absolute atomic E-state index is 14.3. The van der Waals surface area contributed by atoms with Crippen molar-refractivity contribution >= 4 is 50.0 Å². The molecule has 0 bridgehead atoms. The predicted molar refractivity (Wildman–Crippen MR) is 188 cm³/mol. The molecule has 0 spiro atoms. The molecule has 3 heterocycles. The average molecular weight is 699 g/mol. The molecule has 11 nitrogen and oxygen atoms in total. The van der Waals surface area contributed by atoms with Gasteiger partial charge in [-0.25, -0.2) is 22.2 Å². The molecule has 0 aliphatic carbocycles. The zero-order valence-electron chi connectivity index (χ0n) is 27.3. The molecule has 3 aromatic carbocycles. The lowest BCUT2D eigenvalue weighted by atomic mass is 9.92. The minimum atomic E-state index is -4.26. The SMILES string of the molecule is CCCC1=C(C(=O)OCC)[C@@H](c2ccc(C(C)C)cc2)n2c(s/c(=C\c3cn(S(=O)(=O)c4cccc([N+](=O)[O-])c4)c4ccccc34)c2=O)=N1. The number of non-ortho nitro benzene ring substituents is 1. The minimum absolute atomic E-state index is 0.161. The molecule has 49 heavy (non-hydrogen) atoms. The molecule has 1 atom stereocenters. The number of nitro groups is 1. The number of esters is 1. The first-order chi connectivity index (χ1) is 23.5. The van der Waals surface area contributed by atoms with Gasteiger partial charge >= 0.3 is 5.97 Å². The molecular weight excluding hydrogens is 665 g/mol. The second-order valence-electron chi connectivity index (χ2n) is 11.9. The van der Waals surface area contributed by atoms with Crippen LogP contribution in [-0.4, -0.2) is 34.5 Å². The number of aromatic nitrogens is 2. The summed E-state index contributed by atoms with van der Waals surface area (Å²) in [6.45, 7) is 8.06. The molecule has 0 amide bonds. The first kappa shape index (κ1) is 33.7. The molecule has 1 aliphatic rings. The van der Waals surface area contributed by atoms with Crippen molar-refractivity contribution in [3.63, 3.8) is 0 Å². The maximum Gasteiger partial charge on any atom is 0.338 e. The summed E-state index contributed by atoms with van der Waals surface area (Å²) in [6, 6.07) is 18.8. The Kier molecular flexibility index (Phi) is 9.23. The van der Waals surface area contributed by atoms with Crippen LogP contribution in [0.1, 0.15) is 69.2 Å². The van der Waals surface area contributed by atoms with Crippen molar-refractivity contribution in [1.82, 2.24) is 8.54 Å². The van der Waals surface area contributed by atoms with Crippen LogP contribution in [0.25, 0.3) is 17.0 Å². The highest BCUT2D eigenvalue weighted by molar-refractivity contribution is 7.90. The number of carbonyl (C=O) groups excluding carboxylic acids is 1. The third-order valence-electron chi connectivity index (χ3n) is 8.39. The number of thiazole rings is 1. The number of para-hydroxylation sites is 1. The number of hydrogen-bond acceptors (Lipinski definition) is 9. The van der Waals surface area contributed by atoms with Gasteiger partial charge in [-0.15, -0.1) is 0 Å². The van der Waals surface area contributed by atoms with Gasteiger partial charge in [0.2, 0.25) is 0 Å². The van der Waals surface area contributed by atoms with Crippen molar-refractivity contribution in [2.45, 2.75) is 57.4 Å². The highest BCUT2D eigenvalue weighted by Gasteiger charge is 2.34. The number of hydrogen-bond donors (Lipinski definition) is 0. The fourth-order valence-corrected chi connectivity index (χ4v) is 8.43. The molecule has 0 saturated heterocycles. The Morgan fingerprint density at radius 2 is 1.82 bits per heavy atom. The van der Waals surface area contributed by atoms with Crippen molar-refractivity contribution in [2.75, 3.05) is 6.61 Å². The van der Waals surface area contributed by atoms with Crippen LogP contribution >= 0.6 is 11.3 Å². The normalized spacial score (nSPS) is 15.0. The first-order valence-electron chi connectivity index (χ1n) is 15.9. The number of allylic oxidation sites excluding steroid dienone is 1. The summed E-state index contributed by atoms with van der Waals surface area (Å²) in [5.41, 5.74) is 2.78. The summed E-state index contributed by atoms with van der Waals surface area (Å²) in [4.78, 5) is 43.6. The minimum Gasteiger partial charge on any atom is -0.463 e. The number of fused-ring (bicyclic) bond motifs is 2. The Hall–Kier alpha value is -5.14. The van der Waals surface area contributed by atoms with Gasteiger partial charge in [-0.3, -0.25) is 19.5 Å². The van der Waals surface area contributed by atoms with Gasteiger partial charge in [0.15, 0.2) is 4.80 Å². The third-order valence-corrected chi connectivity index (χ3v) is 11.0. The lowest BCUT2D eigenvalue weighted by Crippen LogP contribution is -2.40. The third kappa shape index (κ3) is 6.15. The Morgan fingerprint density at radius 1 is 1.08 bits per heavy atom. The second kappa shape index (κ2) is 13.4. The van der Waals surface area contributed by atoms with Gasteiger partial charge in [-0.05, 0) is 48.6 Å². The number of nitro benzene ring substituents is 1. The van der Waals surface area contributed by atoms with Crippen LogP contribution in [0.4, 0.5) is 5.69 Å². The van der Waals surface area contributed by atoms with Gasteiger partial charge in [0.25, 0.3) is 21.3 Å². The Morgan fingerprint density at radius 3 is 2.49 bits per heavy atom. The lowest BCUT2D eigenvalue weighted by Gasteiger charge is -2.26. The number of ether oxygens (including phenoxy) is 1. The van der Waals surface area contributed by atoms with E-state index in [9.17, 15) is 28.1 Å². The zero-order valence-corrected chi connectivity index (χ0v) is 29.0. The molecule has 0 fully saturated rings. The summed E-state index contributed by atoms with van der Waals surface area (Å²) in [5.74, 6) is -0.244. The largest absolute Gasteiger partial charge is 0.463 e. The molecular formula is C36H34N4O7S2. The van der Waals surface area contributed by atoms with Crippen LogP contribution in [0, 0.1) is 10.1 Å². The van der Waals surface area contributed by atoms with E-state index in [0.29, 0.717) is 49.9 Å². The quantitative estimate of drug-likeness (QED) is 0.102. The van der Waals surface area contributed by atoms with E-state index in [4.69, 9.17) is 9.73 Å². The van der Waals surface area contributed by atoms with E-state index in [1.165, 1.54) is 29.0 Å². The van der Waals surface area contributed by atoms with Crippen molar-refractivity contribution in [3.05, 3.63) is 137 Å². The predicted octanol–water partition coefficient (Wildman–Crippen LogP) is 5.80. The number of nitrogens with zero attached hydrogens (tertiary/aromatic N) is 4. The average Bonchev–Trinajstić information content (AvgIpc) is 3.61. The van der Waals surface area contributed by atoms with Crippen LogP contribution in [0.15, 0.2) is 105 Å². The number of carbonyl (C=O) groups is 1. The molecule has 13 heteroatoms. The highest BCUT2D eigenvalue weighted by Crippen LogP contribution is 2.34. The maximum atomic E-state index is 14.3. The van der Waals surface area contributed by atoms with Crippen LogP contribution in [0.2, 0.25) is 0 Å². The van der Waals surface area contributed by atoms with Gasteiger partial charge in [-0.2, -0.15) is 0 Å². The zero-order chi connectivity index (χ0) is 35.0. The summed E-state index contributed by atoms with van der Waals surface area (Å²) in [5, 5.41) is 11.9. The van der Waals surface area contributed by atoms with Crippen molar-refractivity contribution in [2.24, 2.45) is 4.99 Å². The fraction of sp³-hybridized carbons (Fsp3) is 0.250. The molecule has 0 unspecified atom stereocenters. The van der Waals surface area contributed by atoms with E-state index in [2.05, 4.69) is 13.8 Å². The number of benzene rings is 3. The second-order valence-corrected chi connectivity index (χ2v) is 14.7. The summed E-state index contributed by atoms with van der Waals surface area (Å²) < 4.78 is 36.0. The van der Waals surface area contributed by atoms with E-state index in [0.717, 1.165) is 32.5 Å². The first-order valence-corrected chi connectivity index (χ1v) is 18.1. The van der Waals surface area contributed by atoms with E-state index in [1.54, 1.807) is 37.3 Å². The Labute approximate surface area is 286 Å². The molecule has 0 saturated carbocycles. The van der Waals surface area contributed by atoms with E-state index < -0.39 is 32.5 Å². The van der Waals surface area contributed by atoms with Crippen molar-refractivity contribution < 1.29 is 22.9 Å². The van der Waals surface area contributed by atoms with Crippen LogP contribution in [0.5, 0.6) is 0 Å². The Balaban J connectivity index is 1.56. The van der Waals surface area contributed by atoms with Gasteiger partial charge in [0, 0.05) is 29.3 Å². The van der Waals surface area contributed by atoms with Crippen LogP contribution < -0.4 is 14.9 Å². The lowest BCUT2D eigenvalue weighted by molar-refractivity contribution is -0.385. The van der Waals surface area contributed by atoms with Gasteiger partial charge in [-0.1, -0.05) is 87.1 Å². The summed E-state index contributed by atoms with van der Waals surface area (Å²) in [7, 11) is -4.26.